The first-order valence-electron chi connectivity index (χ1n) is 5.91. The Kier molecular flexibility index (Phi) is 6.81. The van der Waals surface area contributed by atoms with Gasteiger partial charge >= 0.3 is 5.97 Å². The van der Waals surface area contributed by atoms with Gasteiger partial charge in [-0.1, -0.05) is 17.7 Å². The number of carboxylic acids is 1. The Morgan fingerprint density at radius 2 is 2.20 bits per heavy atom. The lowest BCUT2D eigenvalue weighted by Crippen LogP contribution is -2.39. The standard InChI is InChI=1S/C13H15ClFNO3S/c1-8(17)16-12(13(18)19)4-5-20-7-9-2-3-10(14)11(15)6-9/h2-3,6,12H,4-5,7H2,1H3,(H,16,17)(H,18,19). The molecule has 4 nitrogen and oxygen atoms in total. The highest BCUT2D eigenvalue weighted by atomic mass is 35.5. The van der Waals surface area contributed by atoms with E-state index in [4.69, 9.17) is 16.7 Å². The minimum absolute atomic E-state index is 0.0790. The number of hydrogen-bond donors (Lipinski definition) is 2. The lowest BCUT2D eigenvalue weighted by Gasteiger charge is -2.12. The Hall–Kier alpha value is -1.27. The third-order valence-corrected chi connectivity index (χ3v) is 3.85. The van der Waals surface area contributed by atoms with Gasteiger partial charge in [-0.3, -0.25) is 4.79 Å². The van der Waals surface area contributed by atoms with Crippen molar-refractivity contribution in [3.63, 3.8) is 0 Å². The van der Waals surface area contributed by atoms with Crippen LogP contribution in [0.4, 0.5) is 4.39 Å². The highest BCUT2D eigenvalue weighted by Crippen LogP contribution is 2.19. The second kappa shape index (κ2) is 8.11. The number of aliphatic carboxylic acids is 1. The van der Waals surface area contributed by atoms with Crippen molar-refractivity contribution in [3.8, 4) is 0 Å². The molecule has 0 aliphatic rings. The predicted molar refractivity (Wildman–Crippen MR) is 77.4 cm³/mol. The molecule has 0 heterocycles. The molecule has 1 aromatic carbocycles. The summed E-state index contributed by atoms with van der Waals surface area (Å²) in [5, 5.41) is 11.4. The topological polar surface area (TPSA) is 66.4 Å². The Morgan fingerprint density at radius 3 is 2.75 bits per heavy atom. The maximum absolute atomic E-state index is 13.2. The number of amides is 1. The second-order valence-electron chi connectivity index (χ2n) is 4.18. The number of hydrogen-bond acceptors (Lipinski definition) is 3. The van der Waals surface area contributed by atoms with Crippen LogP contribution in [0.5, 0.6) is 0 Å². The van der Waals surface area contributed by atoms with Crippen LogP contribution in [0, 0.1) is 5.82 Å². The van der Waals surface area contributed by atoms with Gasteiger partial charge < -0.3 is 10.4 Å². The highest BCUT2D eigenvalue weighted by Gasteiger charge is 2.17. The van der Waals surface area contributed by atoms with Crippen molar-refractivity contribution in [1.82, 2.24) is 5.32 Å². The molecule has 0 fully saturated rings. The molecule has 1 unspecified atom stereocenters. The minimum atomic E-state index is -1.06. The molecule has 110 valence electrons. The molecule has 0 spiro atoms. The van der Waals surface area contributed by atoms with E-state index in [0.717, 1.165) is 5.56 Å². The molecular weight excluding hydrogens is 305 g/mol. The van der Waals surface area contributed by atoms with E-state index in [1.807, 2.05) is 0 Å². The van der Waals surface area contributed by atoms with Crippen LogP contribution in [-0.4, -0.2) is 28.8 Å². The minimum Gasteiger partial charge on any atom is -0.480 e. The molecule has 0 aliphatic carbocycles. The van der Waals surface area contributed by atoms with Gasteiger partial charge in [0.05, 0.1) is 5.02 Å². The molecule has 1 aromatic rings. The summed E-state index contributed by atoms with van der Waals surface area (Å²) in [6, 6.07) is 3.69. The molecule has 0 bridgehead atoms. The summed E-state index contributed by atoms with van der Waals surface area (Å²) in [5.74, 6) is -0.797. The number of carbonyl (C=O) groups is 2. The Balaban J connectivity index is 2.37. The van der Waals surface area contributed by atoms with E-state index in [-0.39, 0.29) is 10.9 Å². The van der Waals surface area contributed by atoms with Crippen LogP contribution >= 0.6 is 23.4 Å². The van der Waals surface area contributed by atoms with Crippen LogP contribution in [0.2, 0.25) is 5.02 Å². The summed E-state index contributed by atoms with van der Waals surface area (Å²) in [4.78, 5) is 21.7. The van der Waals surface area contributed by atoms with E-state index in [9.17, 15) is 14.0 Å². The molecule has 1 atom stereocenters. The maximum Gasteiger partial charge on any atom is 0.326 e. The third-order valence-electron chi connectivity index (χ3n) is 2.48. The fraction of sp³-hybridized carbons (Fsp3) is 0.385. The molecule has 1 amide bonds. The fourth-order valence-electron chi connectivity index (χ4n) is 1.52. The first-order chi connectivity index (χ1) is 9.40. The van der Waals surface area contributed by atoms with Crippen molar-refractivity contribution in [2.45, 2.75) is 25.1 Å². The van der Waals surface area contributed by atoms with Crippen molar-refractivity contribution >= 4 is 35.2 Å². The van der Waals surface area contributed by atoms with Gasteiger partial charge in [0.15, 0.2) is 0 Å². The monoisotopic (exact) mass is 319 g/mol. The van der Waals surface area contributed by atoms with Gasteiger partial charge in [0.2, 0.25) is 5.91 Å². The summed E-state index contributed by atoms with van der Waals surface area (Å²) in [6.45, 7) is 1.28. The lowest BCUT2D eigenvalue weighted by atomic mass is 10.2. The molecule has 7 heteroatoms. The van der Waals surface area contributed by atoms with Crippen molar-refractivity contribution in [2.75, 3.05) is 5.75 Å². The molecular formula is C13H15ClFNO3S. The molecule has 20 heavy (non-hydrogen) atoms. The number of carboxylic acid groups (broad SMARTS) is 1. The predicted octanol–water partition coefficient (Wildman–Crippen LogP) is 2.69. The van der Waals surface area contributed by atoms with Crippen LogP contribution in [0.15, 0.2) is 18.2 Å². The Bertz CT molecular complexity index is 499. The number of rotatable bonds is 7. The molecule has 0 aliphatic heterocycles. The molecule has 0 radical (unpaired) electrons. The normalized spacial score (nSPS) is 11.9. The molecule has 2 N–H and O–H groups in total. The second-order valence-corrected chi connectivity index (χ2v) is 5.69. The van der Waals surface area contributed by atoms with Crippen LogP contribution in [0.1, 0.15) is 18.9 Å². The van der Waals surface area contributed by atoms with E-state index >= 15 is 0 Å². The number of nitrogens with one attached hydrogen (secondary N) is 1. The van der Waals surface area contributed by atoms with Gasteiger partial charge in [-0.2, -0.15) is 11.8 Å². The molecule has 0 saturated carbocycles. The summed E-state index contributed by atoms with van der Waals surface area (Å²) in [6.07, 6.45) is 0.315. The Labute approximate surface area is 125 Å². The highest BCUT2D eigenvalue weighted by molar-refractivity contribution is 7.98. The van der Waals surface area contributed by atoms with Gasteiger partial charge in [0.25, 0.3) is 0 Å². The average molecular weight is 320 g/mol. The van der Waals surface area contributed by atoms with Crippen molar-refractivity contribution in [1.29, 1.82) is 0 Å². The summed E-state index contributed by atoms with van der Waals surface area (Å²) >= 11 is 7.05. The van der Waals surface area contributed by atoms with Gasteiger partial charge in [0, 0.05) is 12.7 Å². The van der Waals surface area contributed by atoms with E-state index in [2.05, 4.69) is 5.32 Å². The zero-order chi connectivity index (χ0) is 15.1. The number of halogens is 2. The summed E-state index contributed by atoms with van der Waals surface area (Å²) in [5.41, 5.74) is 0.781. The third kappa shape index (κ3) is 5.79. The molecule has 1 rings (SSSR count). The van der Waals surface area contributed by atoms with E-state index in [1.165, 1.54) is 30.8 Å². The largest absolute Gasteiger partial charge is 0.480 e. The SMILES string of the molecule is CC(=O)NC(CCSCc1ccc(Cl)c(F)c1)C(=O)O. The zero-order valence-electron chi connectivity index (χ0n) is 10.9. The number of benzene rings is 1. The van der Waals surface area contributed by atoms with Crippen molar-refractivity contribution < 1.29 is 19.1 Å². The van der Waals surface area contributed by atoms with Crippen molar-refractivity contribution in [2.24, 2.45) is 0 Å². The maximum atomic E-state index is 13.2. The van der Waals surface area contributed by atoms with E-state index in [1.54, 1.807) is 6.07 Å². The van der Waals surface area contributed by atoms with Crippen LogP contribution in [0.3, 0.4) is 0 Å². The average Bonchev–Trinajstić information content (AvgIpc) is 2.36. The van der Waals surface area contributed by atoms with Gasteiger partial charge in [-0.05, 0) is 29.9 Å². The first-order valence-corrected chi connectivity index (χ1v) is 7.45. The number of carbonyl (C=O) groups excluding carboxylic acids is 1. The summed E-state index contributed by atoms with van der Waals surface area (Å²) in [7, 11) is 0. The first kappa shape index (κ1) is 16.8. The smallest absolute Gasteiger partial charge is 0.326 e. The van der Waals surface area contributed by atoms with Gasteiger partial charge in [-0.15, -0.1) is 0 Å². The van der Waals surface area contributed by atoms with Crippen LogP contribution in [0.25, 0.3) is 0 Å². The van der Waals surface area contributed by atoms with Gasteiger partial charge in [0.1, 0.15) is 11.9 Å². The van der Waals surface area contributed by atoms with E-state index < -0.39 is 17.8 Å². The van der Waals surface area contributed by atoms with Crippen molar-refractivity contribution in [3.05, 3.63) is 34.6 Å². The van der Waals surface area contributed by atoms with Crippen LogP contribution in [-0.2, 0) is 15.3 Å². The summed E-state index contributed by atoms with van der Waals surface area (Å²) < 4.78 is 13.2. The van der Waals surface area contributed by atoms with E-state index in [0.29, 0.717) is 17.9 Å². The quantitative estimate of drug-likeness (QED) is 0.758. The van der Waals surface area contributed by atoms with Crippen LogP contribution < -0.4 is 5.32 Å². The lowest BCUT2D eigenvalue weighted by molar-refractivity contribution is -0.141. The zero-order valence-corrected chi connectivity index (χ0v) is 12.4. The number of thioether (sulfide) groups is 1. The van der Waals surface area contributed by atoms with Gasteiger partial charge in [-0.25, -0.2) is 9.18 Å². The molecule has 0 aromatic heterocycles. The molecule has 0 saturated heterocycles. The Morgan fingerprint density at radius 1 is 1.50 bits per heavy atom. The fourth-order valence-corrected chi connectivity index (χ4v) is 2.60.